The zero-order valence-electron chi connectivity index (χ0n) is 13.0. The molecule has 4 heteroatoms. The Kier molecular flexibility index (Phi) is 5.56. The topological polar surface area (TPSA) is 47.7 Å². The molecule has 2 aromatic rings. The number of benzene rings is 2. The number of methoxy groups -OCH3 is 2. The van der Waals surface area contributed by atoms with Gasteiger partial charge in [0.15, 0.2) is 0 Å². The van der Waals surface area contributed by atoms with Crippen LogP contribution in [-0.2, 0) is 4.74 Å². The van der Waals surface area contributed by atoms with Crippen LogP contribution in [0.3, 0.4) is 0 Å². The predicted octanol–water partition coefficient (Wildman–Crippen LogP) is 2.43. The molecule has 114 valence electrons. The van der Waals surface area contributed by atoms with Crippen LogP contribution in [-0.4, -0.2) is 45.9 Å². The summed E-state index contributed by atoms with van der Waals surface area (Å²) in [5.41, 5.74) is 7.20. The maximum atomic E-state index is 5.96. The molecular formula is C17H24N2O2. The zero-order chi connectivity index (χ0) is 15.2. The molecule has 0 aliphatic carbocycles. The molecule has 2 N–H and O–H groups in total. The van der Waals surface area contributed by atoms with Crippen molar-refractivity contribution in [3.63, 3.8) is 0 Å². The van der Waals surface area contributed by atoms with Crippen LogP contribution in [0.2, 0.25) is 0 Å². The summed E-state index contributed by atoms with van der Waals surface area (Å²) in [5, 5.41) is 2.38. The second-order valence-electron chi connectivity index (χ2n) is 5.20. The van der Waals surface area contributed by atoms with E-state index in [-0.39, 0.29) is 6.04 Å². The summed E-state index contributed by atoms with van der Waals surface area (Å²) >= 11 is 0. The Morgan fingerprint density at radius 3 is 2.48 bits per heavy atom. The summed E-state index contributed by atoms with van der Waals surface area (Å²) < 4.78 is 10.4. The monoisotopic (exact) mass is 288 g/mol. The van der Waals surface area contributed by atoms with Crippen LogP contribution >= 0.6 is 0 Å². The number of nitrogens with two attached hydrogens (primary N) is 1. The van der Waals surface area contributed by atoms with Crippen LogP contribution in [0, 0.1) is 0 Å². The molecule has 2 aromatic carbocycles. The molecule has 0 heterocycles. The number of fused-ring (bicyclic) bond motifs is 1. The van der Waals surface area contributed by atoms with Gasteiger partial charge in [-0.15, -0.1) is 0 Å². The third-order valence-electron chi connectivity index (χ3n) is 3.86. The lowest BCUT2D eigenvalue weighted by atomic mass is 10.0. The van der Waals surface area contributed by atoms with Gasteiger partial charge in [0.05, 0.1) is 13.7 Å². The van der Waals surface area contributed by atoms with Gasteiger partial charge in [0.1, 0.15) is 5.75 Å². The van der Waals surface area contributed by atoms with Gasteiger partial charge in [-0.1, -0.05) is 18.2 Å². The minimum atomic E-state index is 0.201. The van der Waals surface area contributed by atoms with Gasteiger partial charge in [-0.3, -0.25) is 4.90 Å². The first kappa shape index (κ1) is 15.8. The summed E-state index contributed by atoms with van der Waals surface area (Å²) in [5.74, 6) is 0.878. The zero-order valence-corrected chi connectivity index (χ0v) is 13.0. The second-order valence-corrected chi connectivity index (χ2v) is 5.20. The Bertz CT molecular complexity index is 586. The third kappa shape index (κ3) is 3.73. The highest BCUT2D eigenvalue weighted by Gasteiger charge is 2.15. The molecule has 0 aliphatic heterocycles. The molecule has 2 rings (SSSR count). The van der Waals surface area contributed by atoms with Crippen molar-refractivity contribution in [2.45, 2.75) is 6.04 Å². The quantitative estimate of drug-likeness (QED) is 0.850. The van der Waals surface area contributed by atoms with Crippen LogP contribution in [0.25, 0.3) is 10.8 Å². The normalized spacial score (nSPS) is 12.8. The Balaban J connectivity index is 2.27. The van der Waals surface area contributed by atoms with E-state index in [0.29, 0.717) is 13.2 Å². The fraction of sp³-hybridized carbons (Fsp3) is 0.412. The van der Waals surface area contributed by atoms with Crippen molar-refractivity contribution in [2.24, 2.45) is 5.73 Å². The van der Waals surface area contributed by atoms with E-state index in [1.807, 2.05) is 12.1 Å². The van der Waals surface area contributed by atoms with Crippen molar-refractivity contribution >= 4 is 10.8 Å². The molecule has 4 nitrogen and oxygen atoms in total. The molecule has 1 atom stereocenters. The van der Waals surface area contributed by atoms with Crippen molar-refractivity contribution in [2.75, 3.05) is 41.0 Å². The first-order valence-corrected chi connectivity index (χ1v) is 7.16. The predicted molar refractivity (Wildman–Crippen MR) is 86.8 cm³/mol. The van der Waals surface area contributed by atoms with E-state index in [4.69, 9.17) is 15.2 Å². The van der Waals surface area contributed by atoms with Crippen LogP contribution in [0.15, 0.2) is 36.4 Å². The summed E-state index contributed by atoms with van der Waals surface area (Å²) in [4.78, 5) is 2.23. The molecular weight excluding hydrogens is 264 g/mol. The van der Waals surface area contributed by atoms with E-state index < -0.39 is 0 Å². The molecule has 1 unspecified atom stereocenters. The van der Waals surface area contributed by atoms with Crippen molar-refractivity contribution in [3.8, 4) is 5.75 Å². The summed E-state index contributed by atoms with van der Waals surface area (Å²) in [6, 6.07) is 12.8. The first-order valence-electron chi connectivity index (χ1n) is 7.16. The maximum absolute atomic E-state index is 5.96. The van der Waals surface area contributed by atoms with Gasteiger partial charge >= 0.3 is 0 Å². The molecule has 0 radical (unpaired) electrons. The minimum absolute atomic E-state index is 0.201. The highest BCUT2D eigenvalue weighted by Crippen LogP contribution is 2.26. The molecule has 0 spiro atoms. The summed E-state index contributed by atoms with van der Waals surface area (Å²) in [7, 11) is 5.48. The Labute approximate surface area is 126 Å². The fourth-order valence-electron chi connectivity index (χ4n) is 2.54. The van der Waals surface area contributed by atoms with Gasteiger partial charge in [0, 0.05) is 26.2 Å². The van der Waals surface area contributed by atoms with E-state index in [2.05, 4.69) is 36.2 Å². The SMILES string of the molecule is COCCN(C)C(CN)c1ccc2cc(OC)ccc2c1. The largest absolute Gasteiger partial charge is 0.497 e. The standard InChI is InChI=1S/C17H24N2O2/c1-19(8-9-20-2)17(12-18)15-5-4-14-11-16(21-3)7-6-13(14)10-15/h4-7,10-11,17H,8-9,12,18H2,1-3H3. The van der Waals surface area contributed by atoms with Crippen LogP contribution < -0.4 is 10.5 Å². The van der Waals surface area contributed by atoms with Gasteiger partial charge < -0.3 is 15.2 Å². The van der Waals surface area contributed by atoms with Crippen molar-refractivity contribution < 1.29 is 9.47 Å². The Morgan fingerprint density at radius 1 is 1.10 bits per heavy atom. The number of likely N-dealkylation sites (N-methyl/N-ethyl adjacent to an activating group) is 1. The van der Waals surface area contributed by atoms with Gasteiger partial charge in [-0.2, -0.15) is 0 Å². The Morgan fingerprint density at radius 2 is 1.81 bits per heavy atom. The summed E-state index contributed by atoms with van der Waals surface area (Å²) in [6.45, 7) is 2.15. The van der Waals surface area contributed by atoms with Crippen molar-refractivity contribution in [1.82, 2.24) is 4.90 Å². The van der Waals surface area contributed by atoms with Crippen LogP contribution in [0.5, 0.6) is 5.75 Å². The second kappa shape index (κ2) is 7.41. The lowest BCUT2D eigenvalue weighted by Crippen LogP contribution is -2.32. The average molecular weight is 288 g/mol. The van der Waals surface area contributed by atoms with Gasteiger partial charge in [0.2, 0.25) is 0 Å². The molecule has 0 saturated carbocycles. The van der Waals surface area contributed by atoms with E-state index in [1.54, 1.807) is 14.2 Å². The minimum Gasteiger partial charge on any atom is -0.497 e. The highest BCUT2D eigenvalue weighted by molar-refractivity contribution is 5.84. The number of nitrogens with zero attached hydrogens (tertiary/aromatic N) is 1. The number of hydrogen-bond donors (Lipinski definition) is 1. The smallest absolute Gasteiger partial charge is 0.119 e. The van der Waals surface area contributed by atoms with Gasteiger partial charge in [0.25, 0.3) is 0 Å². The molecule has 0 fully saturated rings. The van der Waals surface area contributed by atoms with Crippen molar-refractivity contribution in [3.05, 3.63) is 42.0 Å². The molecule has 0 saturated heterocycles. The van der Waals surface area contributed by atoms with Crippen molar-refractivity contribution in [1.29, 1.82) is 0 Å². The average Bonchev–Trinajstić information content (AvgIpc) is 2.53. The van der Waals surface area contributed by atoms with Crippen LogP contribution in [0.4, 0.5) is 0 Å². The van der Waals surface area contributed by atoms with E-state index in [9.17, 15) is 0 Å². The molecule has 0 amide bonds. The fourth-order valence-corrected chi connectivity index (χ4v) is 2.54. The first-order chi connectivity index (χ1) is 10.2. The molecule has 0 aliphatic rings. The maximum Gasteiger partial charge on any atom is 0.119 e. The number of rotatable bonds is 7. The number of ether oxygens (including phenoxy) is 2. The lowest BCUT2D eigenvalue weighted by Gasteiger charge is -2.27. The molecule has 21 heavy (non-hydrogen) atoms. The molecule has 0 aromatic heterocycles. The Hall–Kier alpha value is -1.62. The summed E-state index contributed by atoms with van der Waals surface area (Å²) in [6.07, 6.45) is 0. The van der Waals surface area contributed by atoms with E-state index in [0.717, 1.165) is 12.3 Å². The molecule has 0 bridgehead atoms. The third-order valence-corrected chi connectivity index (χ3v) is 3.86. The highest BCUT2D eigenvalue weighted by atomic mass is 16.5. The van der Waals surface area contributed by atoms with Gasteiger partial charge in [-0.25, -0.2) is 0 Å². The van der Waals surface area contributed by atoms with Gasteiger partial charge in [-0.05, 0) is 41.6 Å². The lowest BCUT2D eigenvalue weighted by molar-refractivity contribution is 0.140. The number of hydrogen-bond acceptors (Lipinski definition) is 4. The van der Waals surface area contributed by atoms with Crippen LogP contribution in [0.1, 0.15) is 11.6 Å². The van der Waals surface area contributed by atoms with E-state index in [1.165, 1.54) is 16.3 Å². The van der Waals surface area contributed by atoms with E-state index >= 15 is 0 Å².